The molecule has 0 radical (unpaired) electrons. The second-order valence-electron chi connectivity index (χ2n) is 4.04. The topological polar surface area (TPSA) is 84.6 Å². The summed E-state index contributed by atoms with van der Waals surface area (Å²) in [7, 11) is 0. The molecule has 5 nitrogen and oxygen atoms in total. The summed E-state index contributed by atoms with van der Waals surface area (Å²) >= 11 is 1.59. The van der Waals surface area contributed by atoms with Gasteiger partial charge in [0, 0.05) is 13.2 Å². The van der Waals surface area contributed by atoms with Crippen LogP contribution >= 0.6 is 11.8 Å². The summed E-state index contributed by atoms with van der Waals surface area (Å²) in [5.74, 6) is -0.277. The van der Waals surface area contributed by atoms with Crippen LogP contribution in [0, 0.1) is 0 Å². The minimum absolute atomic E-state index is 0.108. The number of carboxylic acids is 1. The van der Waals surface area contributed by atoms with E-state index in [2.05, 4.69) is 5.32 Å². The lowest BCUT2D eigenvalue weighted by Gasteiger charge is -2.27. The van der Waals surface area contributed by atoms with Crippen molar-refractivity contribution in [3.63, 3.8) is 0 Å². The molecule has 0 aliphatic carbocycles. The first-order valence-electron chi connectivity index (χ1n) is 5.46. The fraction of sp³-hybridized carbons (Fsp3) is 0.900. The molecule has 1 rings (SSSR count). The lowest BCUT2D eigenvalue weighted by Crippen LogP contribution is -2.61. The molecule has 0 bridgehead atoms. The number of ether oxygens (including phenoxy) is 1. The molecule has 6 heteroatoms. The van der Waals surface area contributed by atoms with Gasteiger partial charge >= 0.3 is 5.97 Å². The molecule has 0 aromatic heterocycles. The van der Waals surface area contributed by atoms with Crippen molar-refractivity contribution >= 4 is 17.7 Å². The van der Waals surface area contributed by atoms with E-state index in [0.29, 0.717) is 13.0 Å². The molecule has 1 saturated heterocycles. The van der Waals surface area contributed by atoms with Gasteiger partial charge in [-0.1, -0.05) is 0 Å². The number of hydrogen-bond acceptors (Lipinski definition) is 5. The highest BCUT2D eigenvalue weighted by Gasteiger charge is 2.33. The van der Waals surface area contributed by atoms with E-state index in [0.717, 1.165) is 25.2 Å². The lowest BCUT2D eigenvalue weighted by atomic mass is 10.1. The molecule has 16 heavy (non-hydrogen) atoms. The van der Waals surface area contributed by atoms with Gasteiger partial charge in [-0.05, 0) is 31.3 Å². The van der Waals surface area contributed by atoms with Crippen molar-refractivity contribution in [3.8, 4) is 0 Å². The fourth-order valence-corrected chi connectivity index (χ4v) is 2.16. The molecule has 2 unspecified atom stereocenters. The zero-order chi connectivity index (χ0) is 12.0. The Morgan fingerprint density at radius 2 is 2.50 bits per heavy atom. The van der Waals surface area contributed by atoms with Gasteiger partial charge in [-0.2, -0.15) is 11.8 Å². The van der Waals surface area contributed by atoms with Crippen molar-refractivity contribution in [1.82, 2.24) is 5.32 Å². The van der Waals surface area contributed by atoms with Crippen molar-refractivity contribution in [2.75, 3.05) is 25.2 Å². The number of aliphatic carboxylic acids is 1. The average molecular weight is 248 g/mol. The number of nitrogens with two attached hydrogens (primary N) is 1. The molecule has 0 spiro atoms. The van der Waals surface area contributed by atoms with E-state index in [9.17, 15) is 4.79 Å². The van der Waals surface area contributed by atoms with Gasteiger partial charge < -0.3 is 15.6 Å². The minimum Gasteiger partial charge on any atom is -0.479 e. The summed E-state index contributed by atoms with van der Waals surface area (Å²) in [6.45, 7) is 1.28. The van der Waals surface area contributed by atoms with E-state index in [1.807, 2.05) is 6.26 Å². The van der Waals surface area contributed by atoms with Crippen molar-refractivity contribution in [1.29, 1.82) is 0 Å². The van der Waals surface area contributed by atoms with E-state index in [1.54, 1.807) is 11.8 Å². The maximum absolute atomic E-state index is 11.1. The first-order chi connectivity index (χ1) is 7.58. The standard InChI is InChI=1S/C10H20N2O3S/c1-16-6-4-10(11,9(13)14)12-7-8-3-2-5-15-8/h8,12H,2-7,11H2,1H3,(H,13,14). The molecule has 0 amide bonds. The van der Waals surface area contributed by atoms with Gasteiger partial charge in [0.05, 0.1) is 6.10 Å². The molecular weight excluding hydrogens is 228 g/mol. The van der Waals surface area contributed by atoms with Gasteiger partial charge in [0.2, 0.25) is 0 Å². The van der Waals surface area contributed by atoms with Crippen LogP contribution in [-0.4, -0.2) is 48.0 Å². The summed E-state index contributed by atoms with van der Waals surface area (Å²) in [5.41, 5.74) is 4.50. The van der Waals surface area contributed by atoms with Crippen LogP contribution in [0.3, 0.4) is 0 Å². The number of thioether (sulfide) groups is 1. The van der Waals surface area contributed by atoms with E-state index < -0.39 is 11.6 Å². The van der Waals surface area contributed by atoms with Crippen LogP contribution in [0.5, 0.6) is 0 Å². The molecule has 4 N–H and O–H groups in total. The van der Waals surface area contributed by atoms with Gasteiger partial charge in [0.1, 0.15) is 0 Å². The Balaban J connectivity index is 2.39. The fourth-order valence-electron chi connectivity index (χ4n) is 1.64. The Labute approximate surface area is 100 Å². The maximum Gasteiger partial charge on any atom is 0.338 e. The van der Waals surface area contributed by atoms with Gasteiger partial charge in [0.25, 0.3) is 0 Å². The summed E-state index contributed by atoms with van der Waals surface area (Å²) in [5, 5.41) is 12.0. The van der Waals surface area contributed by atoms with Gasteiger partial charge in [-0.3, -0.25) is 5.32 Å². The SMILES string of the molecule is CSCCC(N)(NCC1CCCO1)C(=O)O. The molecule has 0 aromatic carbocycles. The predicted octanol–water partition coefficient (Wildman–Crippen LogP) is 0.248. The maximum atomic E-state index is 11.1. The number of carboxylic acid groups (broad SMARTS) is 1. The predicted molar refractivity (Wildman–Crippen MR) is 64.5 cm³/mol. The first-order valence-corrected chi connectivity index (χ1v) is 6.86. The largest absolute Gasteiger partial charge is 0.479 e. The van der Waals surface area contributed by atoms with Crippen LogP contribution < -0.4 is 11.1 Å². The van der Waals surface area contributed by atoms with Crippen LogP contribution in [0.25, 0.3) is 0 Å². The van der Waals surface area contributed by atoms with E-state index in [4.69, 9.17) is 15.6 Å². The third-order valence-corrected chi connectivity index (χ3v) is 3.36. The van der Waals surface area contributed by atoms with Crippen LogP contribution in [0.4, 0.5) is 0 Å². The average Bonchev–Trinajstić information content (AvgIpc) is 2.76. The second kappa shape index (κ2) is 6.44. The minimum atomic E-state index is -1.32. The Morgan fingerprint density at radius 3 is 3.00 bits per heavy atom. The first kappa shape index (κ1) is 13.8. The molecule has 2 atom stereocenters. The molecule has 0 aromatic rings. The summed E-state index contributed by atoms with van der Waals surface area (Å²) in [6.07, 6.45) is 4.47. The molecule has 1 fully saturated rings. The Bertz CT molecular complexity index is 234. The van der Waals surface area contributed by atoms with Crippen LogP contribution in [-0.2, 0) is 9.53 Å². The smallest absolute Gasteiger partial charge is 0.338 e. The van der Waals surface area contributed by atoms with Crippen molar-refractivity contribution in [2.45, 2.75) is 31.0 Å². The molecular formula is C10H20N2O3S. The third-order valence-electron chi connectivity index (χ3n) is 2.75. The van der Waals surface area contributed by atoms with Gasteiger partial charge in [-0.25, -0.2) is 4.79 Å². The second-order valence-corrected chi connectivity index (χ2v) is 5.02. The van der Waals surface area contributed by atoms with Crippen LogP contribution in [0.15, 0.2) is 0 Å². The number of rotatable bonds is 7. The quantitative estimate of drug-likeness (QED) is 0.560. The summed E-state index contributed by atoms with van der Waals surface area (Å²) < 4.78 is 5.42. The highest BCUT2D eigenvalue weighted by Crippen LogP contribution is 2.13. The highest BCUT2D eigenvalue weighted by molar-refractivity contribution is 7.98. The molecule has 1 heterocycles. The summed E-state index contributed by atoms with van der Waals surface area (Å²) in [6, 6.07) is 0. The van der Waals surface area contributed by atoms with E-state index in [1.165, 1.54) is 0 Å². The van der Waals surface area contributed by atoms with Crippen LogP contribution in [0.2, 0.25) is 0 Å². The van der Waals surface area contributed by atoms with Gasteiger partial charge in [0.15, 0.2) is 5.66 Å². The molecule has 1 aliphatic heterocycles. The van der Waals surface area contributed by atoms with E-state index in [-0.39, 0.29) is 6.10 Å². The van der Waals surface area contributed by atoms with Crippen molar-refractivity contribution < 1.29 is 14.6 Å². The number of hydrogen-bond donors (Lipinski definition) is 3. The van der Waals surface area contributed by atoms with Gasteiger partial charge in [-0.15, -0.1) is 0 Å². The van der Waals surface area contributed by atoms with Crippen molar-refractivity contribution in [3.05, 3.63) is 0 Å². The number of nitrogens with one attached hydrogen (secondary N) is 1. The zero-order valence-corrected chi connectivity index (χ0v) is 10.4. The molecule has 0 saturated carbocycles. The monoisotopic (exact) mass is 248 g/mol. The van der Waals surface area contributed by atoms with Crippen molar-refractivity contribution in [2.24, 2.45) is 5.73 Å². The molecule has 94 valence electrons. The van der Waals surface area contributed by atoms with E-state index >= 15 is 0 Å². The van der Waals surface area contributed by atoms with Crippen LogP contribution in [0.1, 0.15) is 19.3 Å². The normalized spacial score (nSPS) is 24.2. The highest BCUT2D eigenvalue weighted by atomic mass is 32.2. The third kappa shape index (κ3) is 3.93. The molecule has 1 aliphatic rings. The Morgan fingerprint density at radius 1 is 1.75 bits per heavy atom. The lowest BCUT2D eigenvalue weighted by molar-refractivity contribution is -0.145. The zero-order valence-electron chi connectivity index (χ0n) is 9.57. The number of carbonyl (C=O) groups is 1. The summed E-state index contributed by atoms with van der Waals surface area (Å²) in [4.78, 5) is 11.1. The Kier molecular flexibility index (Phi) is 5.54. The Hall–Kier alpha value is -0.300.